The fourth-order valence-corrected chi connectivity index (χ4v) is 3.91. The van der Waals surface area contributed by atoms with E-state index in [9.17, 15) is 0 Å². The number of rotatable bonds is 4. The zero-order chi connectivity index (χ0) is 15.7. The van der Waals surface area contributed by atoms with E-state index in [0.29, 0.717) is 11.8 Å². The zero-order valence-electron chi connectivity index (χ0n) is 14.0. The quantitative estimate of drug-likeness (QED) is 0.589. The van der Waals surface area contributed by atoms with Crippen molar-refractivity contribution in [2.75, 3.05) is 0 Å². The van der Waals surface area contributed by atoms with Crippen molar-refractivity contribution in [2.24, 2.45) is 5.92 Å². The minimum absolute atomic E-state index is 0.208. The normalized spacial score (nSPS) is 25.0. The fraction of sp³-hybridized carbons (Fsp3) is 0.364. The van der Waals surface area contributed by atoms with Crippen molar-refractivity contribution in [3.8, 4) is 0 Å². The molecule has 0 nitrogen and oxygen atoms in total. The molecule has 1 aromatic rings. The topological polar surface area (TPSA) is 0 Å². The van der Waals surface area contributed by atoms with Gasteiger partial charge in [-0.3, -0.25) is 0 Å². The fourth-order valence-electron chi connectivity index (χ4n) is 3.91. The van der Waals surface area contributed by atoms with Crippen molar-refractivity contribution in [3.05, 3.63) is 83.5 Å². The first kappa shape index (κ1) is 15.1. The maximum atomic E-state index is 4.25. The van der Waals surface area contributed by atoms with Crippen molar-refractivity contribution in [1.29, 1.82) is 0 Å². The second-order valence-corrected chi connectivity index (χ2v) is 7.06. The Bertz CT molecular complexity index is 667. The molecule has 0 spiro atoms. The average Bonchev–Trinajstić information content (AvgIpc) is 2.76. The van der Waals surface area contributed by atoms with E-state index in [1.165, 1.54) is 23.1 Å². The molecule has 0 radical (unpaired) electrons. The van der Waals surface area contributed by atoms with Crippen LogP contribution in [0.15, 0.2) is 72.4 Å². The summed E-state index contributed by atoms with van der Waals surface area (Å²) < 4.78 is 0. The van der Waals surface area contributed by atoms with Gasteiger partial charge >= 0.3 is 0 Å². The molecule has 114 valence electrons. The highest BCUT2D eigenvalue weighted by Gasteiger charge is 2.44. The molecular formula is C22H26. The van der Waals surface area contributed by atoms with E-state index in [0.717, 1.165) is 12.0 Å². The van der Waals surface area contributed by atoms with Crippen LogP contribution in [0, 0.1) is 5.92 Å². The molecular weight excluding hydrogens is 264 g/mol. The molecule has 22 heavy (non-hydrogen) atoms. The summed E-state index contributed by atoms with van der Waals surface area (Å²) in [5.74, 6) is 1.04. The van der Waals surface area contributed by atoms with Gasteiger partial charge in [0.1, 0.15) is 0 Å². The molecule has 2 aliphatic rings. The third kappa shape index (κ3) is 2.41. The first-order chi connectivity index (χ1) is 10.6. The van der Waals surface area contributed by atoms with Gasteiger partial charge in [0.15, 0.2) is 0 Å². The van der Waals surface area contributed by atoms with Gasteiger partial charge in [0.05, 0.1) is 0 Å². The van der Waals surface area contributed by atoms with Crippen LogP contribution >= 0.6 is 0 Å². The lowest BCUT2D eigenvalue weighted by atomic mass is 9.73. The van der Waals surface area contributed by atoms with E-state index in [4.69, 9.17) is 0 Å². The Balaban J connectivity index is 1.93. The van der Waals surface area contributed by atoms with Crippen LogP contribution in [0.2, 0.25) is 0 Å². The van der Waals surface area contributed by atoms with E-state index in [1.54, 1.807) is 0 Å². The standard InChI is InChI=1S/C22H26/c1-5-6-7-10-16(2)17-13-14-21-19(15-17)18-11-8-9-12-20(18)22(21,3)4/h7-15,19,21H,2,5-6H2,1,3-4H3/b10-7-. The summed E-state index contributed by atoms with van der Waals surface area (Å²) in [7, 11) is 0. The highest BCUT2D eigenvalue weighted by atomic mass is 14.5. The van der Waals surface area contributed by atoms with Gasteiger partial charge < -0.3 is 0 Å². The first-order valence-corrected chi connectivity index (χ1v) is 8.41. The Morgan fingerprint density at radius 3 is 2.82 bits per heavy atom. The molecule has 0 amide bonds. The van der Waals surface area contributed by atoms with Crippen LogP contribution in [-0.4, -0.2) is 0 Å². The summed E-state index contributed by atoms with van der Waals surface area (Å²) in [5, 5.41) is 0. The van der Waals surface area contributed by atoms with Gasteiger partial charge in [-0.2, -0.15) is 0 Å². The molecule has 2 unspecified atom stereocenters. The van der Waals surface area contributed by atoms with Gasteiger partial charge in [0.25, 0.3) is 0 Å². The minimum Gasteiger partial charge on any atom is -0.0912 e. The first-order valence-electron chi connectivity index (χ1n) is 8.41. The summed E-state index contributed by atoms with van der Waals surface area (Å²) >= 11 is 0. The molecule has 0 saturated carbocycles. The molecule has 2 aliphatic carbocycles. The van der Waals surface area contributed by atoms with Gasteiger partial charge in [0.2, 0.25) is 0 Å². The number of hydrogen-bond donors (Lipinski definition) is 0. The summed E-state index contributed by atoms with van der Waals surface area (Å²) in [6.45, 7) is 11.2. The molecule has 1 aromatic carbocycles. The summed E-state index contributed by atoms with van der Waals surface area (Å²) in [6.07, 6.45) is 13.8. The Kier molecular flexibility index (Phi) is 3.95. The molecule has 0 aromatic heterocycles. The molecule has 0 heteroatoms. The lowest BCUT2D eigenvalue weighted by Crippen LogP contribution is -2.25. The van der Waals surface area contributed by atoms with E-state index < -0.39 is 0 Å². The Morgan fingerprint density at radius 2 is 2.05 bits per heavy atom. The number of hydrogen-bond acceptors (Lipinski definition) is 0. The van der Waals surface area contributed by atoms with E-state index in [2.05, 4.69) is 82.0 Å². The lowest BCUT2D eigenvalue weighted by molar-refractivity contribution is 0.393. The molecule has 2 atom stereocenters. The Morgan fingerprint density at radius 1 is 1.27 bits per heavy atom. The van der Waals surface area contributed by atoms with Gasteiger partial charge in [-0.05, 0) is 40.0 Å². The number of fused-ring (bicyclic) bond motifs is 3. The van der Waals surface area contributed by atoms with Gasteiger partial charge in [-0.15, -0.1) is 0 Å². The van der Waals surface area contributed by atoms with Crippen molar-refractivity contribution >= 4 is 0 Å². The van der Waals surface area contributed by atoms with Crippen LogP contribution < -0.4 is 0 Å². The van der Waals surface area contributed by atoms with Gasteiger partial charge in [-0.25, -0.2) is 0 Å². The van der Waals surface area contributed by atoms with E-state index in [1.807, 2.05) is 0 Å². The van der Waals surface area contributed by atoms with Crippen molar-refractivity contribution in [1.82, 2.24) is 0 Å². The average molecular weight is 290 g/mol. The van der Waals surface area contributed by atoms with Crippen LogP contribution in [0.5, 0.6) is 0 Å². The highest BCUT2D eigenvalue weighted by molar-refractivity contribution is 5.55. The molecule has 0 N–H and O–H groups in total. The van der Waals surface area contributed by atoms with E-state index in [-0.39, 0.29) is 5.41 Å². The monoisotopic (exact) mass is 290 g/mol. The third-order valence-corrected chi connectivity index (χ3v) is 5.22. The predicted octanol–water partition coefficient (Wildman–Crippen LogP) is 6.09. The molecule has 0 saturated heterocycles. The maximum absolute atomic E-state index is 4.25. The highest BCUT2D eigenvalue weighted by Crippen LogP contribution is 2.53. The second-order valence-electron chi connectivity index (χ2n) is 7.06. The molecule has 0 fully saturated rings. The van der Waals surface area contributed by atoms with Crippen LogP contribution in [0.25, 0.3) is 0 Å². The summed E-state index contributed by atoms with van der Waals surface area (Å²) in [4.78, 5) is 0. The van der Waals surface area contributed by atoms with Crippen molar-refractivity contribution < 1.29 is 0 Å². The predicted molar refractivity (Wildman–Crippen MR) is 96.1 cm³/mol. The molecule has 0 aliphatic heterocycles. The van der Waals surface area contributed by atoms with Crippen LogP contribution in [0.4, 0.5) is 0 Å². The second kappa shape index (κ2) is 5.76. The molecule has 0 heterocycles. The summed E-state index contributed by atoms with van der Waals surface area (Å²) in [6, 6.07) is 8.92. The summed E-state index contributed by atoms with van der Waals surface area (Å²) in [5.41, 5.74) is 5.61. The largest absolute Gasteiger partial charge is 0.0912 e. The molecule has 0 bridgehead atoms. The van der Waals surface area contributed by atoms with Crippen LogP contribution in [-0.2, 0) is 5.41 Å². The van der Waals surface area contributed by atoms with Gasteiger partial charge in [0, 0.05) is 5.92 Å². The smallest absolute Gasteiger partial charge is 0.0101 e. The van der Waals surface area contributed by atoms with Crippen LogP contribution in [0.1, 0.15) is 50.7 Å². The SMILES string of the molecule is C=C(/C=C\CCC)C1=CC2c3ccccc3C(C)(C)C2C=C1. The minimum atomic E-state index is 0.208. The Labute approximate surface area is 135 Å². The van der Waals surface area contributed by atoms with E-state index >= 15 is 0 Å². The maximum Gasteiger partial charge on any atom is 0.0101 e. The number of allylic oxidation sites excluding steroid dienone is 7. The zero-order valence-corrected chi connectivity index (χ0v) is 14.0. The van der Waals surface area contributed by atoms with Gasteiger partial charge in [-0.1, -0.05) is 88.4 Å². The number of benzene rings is 1. The van der Waals surface area contributed by atoms with Crippen molar-refractivity contribution in [2.45, 2.75) is 44.9 Å². The molecule has 3 rings (SSSR count). The van der Waals surface area contributed by atoms with Crippen molar-refractivity contribution in [3.63, 3.8) is 0 Å². The van der Waals surface area contributed by atoms with Crippen LogP contribution in [0.3, 0.4) is 0 Å². The number of unbranched alkanes of at least 4 members (excludes halogenated alkanes) is 1. The Hall–Kier alpha value is -1.82. The lowest BCUT2D eigenvalue weighted by Gasteiger charge is -2.30. The third-order valence-electron chi connectivity index (χ3n) is 5.22.